The molecule has 1 aliphatic carbocycles. The van der Waals surface area contributed by atoms with Crippen molar-refractivity contribution in [2.24, 2.45) is 0 Å². The van der Waals surface area contributed by atoms with E-state index in [2.05, 4.69) is 10.3 Å². The molecule has 3 N–H and O–H groups in total. The van der Waals surface area contributed by atoms with E-state index in [1.54, 1.807) is 18.3 Å². The number of rotatable bonds is 3. The van der Waals surface area contributed by atoms with Gasteiger partial charge in [0.25, 0.3) is 5.91 Å². The van der Waals surface area contributed by atoms with E-state index in [4.69, 9.17) is 10.5 Å². The van der Waals surface area contributed by atoms with Crippen LogP contribution in [-0.2, 0) is 23.4 Å². The third-order valence-corrected chi connectivity index (χ3v) is 5.83. The molecule has 8 nitrogen and oxygen atoms in total. The van der Waals surface area contributed by atoms with Crippen molar-refractivity contribution in [3.8, 4) is 0 Å². The van der Waals surface area contributed by atoms with Gasteiger partial charge in [0.05, 0.1) is 29.7 Å². The highest BCUT2D eigenvalue weighted by atomic mass is 16.6. The zero-order chi connectivity index (χ0) is 21.5. The number of anilines is 1. The molecule has 2 aliphatic rings. The van der Waals surface area contributed by atoms with Crippen LogP contribution in [0.1, 0.15) is 61.9 Å². The number of nitrogens with two attached hydrogens (primary N) is 1. The second-order valence-electron chi connectivity index (χ2n) is 9.04. The summed E-state index contributed by atoms with van der Waals surface area (Å²) in [5.41, 5.74) is 7.70. The standard InChI is InChI=1S/C22H29N5O3/c1-21(2,3)30-20(29)27-12-11-26-17(7-8-18(26)22(27)9-4-10-22)19(28)25-14-16-6-5-15(23)13-24-16/h5-8,13H,4,9-12,14,23H2,1-3H3,(H,25,28). The zero-order valence-corrected chi connectivity index (χ0v) is 17.8. The molecule has 1 spiro atoms. The van der Waals surface area contributed by atoms with Crippen LogP contribution in [0.4, 0.5) is 10.5 Å². The van der Waals surface area contributed by atoms with Crippen LogP contribution >= 0.6 is 0 Å². The van der Waals surface area contributed by atoms with Gasteiger partial charge in [0.15, 0.2) is 0 Å². The molecule has 8 heteroatoms. The Morgan fingerprint density at radius 3 is 2.57 bits per heavy atom. The first-order chi connectivity index (χ1) is 14.2. The molecule has 0 aromatic carbocycles. The highest BCUT2D eigenvalue weighted by molar-refractivity contribution is 5.93. The molecule has 1 aliphatic heterocycles. The van der Waals surface area contributed by atoms with Gasteiger partial charge in [0.2, 0.25) is 0 Å². The summed E-state index contributed by atoms with van der Waals surface area (Å²) in [4.78, 5) is 31.8. The van der Waals surface area contributed by atoms with Crippen LogP contribution in [-0.4, -0.2) is 38.6 Å². The molecule has 160 valence electrons. The monoisotopic (exact) mass is 411 g/mol. The van der Waals surface area contributed by atoms with Gasteiger partial charge in [-0.25, -0.2) is 4.79 Å². The molecule has 1 saturated carbocycles. The molecule has 2 aromatic rings. The number of hydrogen-bond donors (Lipinski definition) is 2. The van der Waals surface area contributed by atoms with Crippen LogP contribution < -0.4 is 11.1 Å². The third kappa shape index (κ3) is 3.62. The maximum atomic E-state index is 12.9. The van der Waals surface area contributed by atoms with Crippen molar-refractivity contribution in [2.75, 3.05) is 12.3 Å². The van der Waals surface area contributed by atoms with E-state index in [0.717, 1.165) is 30.7 Å². The summed E-state index contributed by atoms with van der Waals surface area (Å²) in [6, 6.07) is 7.39. The summed E-state index contributed by atoms with van der Waals surface area (Å²) in [5.74, 6) is -0.153. The molecule has 2 aromatic heterocycles. The number of ether oxygens (including phenoxy) is 1. The second kappa shape index (κ2) is 7.34. The number of carbonyl (C=O) groups is 2. The Bertz CT molecular complexity index is 954. The van der Waals surface area contributed by atoms with Crippen LogP contribution in [0.25, 0.3) is 0 Å². The number of pyridine rings is 1. The van der Waals surface area contributed by atoms with Gasteiger partial charge in [-0.1, -0.05) is 0 Å². The van der Waals surface area contributed by atoms with Crippen molar-refractivity contribution in [1.82, 2.24) is 19.8 Å². The molecule has 0 saturated heterocycles. The zero-order valence-electron chi connectivity index (χ0n) is 17.8. The maximum absolute atomic E-state index is 12.9. The summed E-state index contributed by atoms with van der Waals surface area (Å²) < 4.78 is 7.70. The molecule has 1 fully saturated rings. The van der Waals surface area contributed by atoms with E-state index in [1.807, 2.05) is 42.4 Å². The highest BCUT2D eigenvalue weighted by Gasteiger charge is 2.51. The average molecular weight is 412 g/mol. The van der Waals surface area contributed by atoms with Gasteiger partial charge in [-0.05, 0) is 64.3 Å². The minimum absolute atomic E-state index is 0.153. The summed E-state index contributed by atoms with van der Waals surface area (Å²) >= 11 is 0. The molecule has 0 atom stereocenters. The fraction of sp³-hybridized carbons (Fsp3) is 0.500. The minimum atomic E-state index is -0.539. The molecular formula is C22H29N5O3. The Morgan fingerprint density at radius 2 is 1.97 bits per heavy atom. The van der Waals surface area contributed by atoms with E-state index < -0.39 is 5.60 Å². The van der Waals surface area contributed by atoms with Gasteiger partial charge >= 0.3 is 6.09 Å². The van der Waals surface area contributed by atoms with Crippen LogP contribution in [0.15, 0.2) is 30.5 Å². The number of carbonyl (C=O) groups excluding carboxylic acids is 2. The SMILES string of the molecule is CC(C)(C)OC(=O)N1CCn2c(C(=O)NCc3ccc(N)cn3)ccc2C12CCC2. The normalized spacial score (nSPS) is 17.2. The Balaban J connectivity index is 1.52. The largest absolute Gasteiger partial charge is 0.444 e. The highest BCUT2D eigenvalue weighted by Crippen LogP contribution is 2.49. The fourth-order valence-electron chi connectivity index (χ4n) is 4.29. The van der Waals surface area contributed by atoms with Gasteiger partial charge < -0.3 is 20.4 Å². The van der Waals surface area contributed by atoms with E-state index in [1.165, 1.54) is 0 Å². The van der Waals surface area contributed by atoms with Crippen molar-refractivity contribution in [1.29, 1.82) is 0 Å². The van der Waals surface area contributed by atoms with Crippen LogP contribution in [0, 0.1) is 0 Å². The smallest absolute Gasteiger partial charge is 0.411 e. The topological polar surface area (TPSA) is 102 Å². The molecule has 30 heavy (non-hydrogen) atoms. The second-order valence-corrected chi connectivity index (χ2v) is 9.04. The predicted octanol–water partition coefficient (Wildman–Crippen LogP) is 3.03. The lowest BCUT2D eigenvalue weighted by Crippen LogP contribution is -2.59. The van der Waals surface area contributed by atoms with Crippen LogP contribution in [0.3, 0.4) is 0 Å². The van der Waals surface area contributed by atoms with Crippen molar-refractivity contribution in [2.45, 2.75) is 64.3 Å². The summed E-state index contributed by atoms with van der Waals surface area (Å²) in [6.07, 6.45) is 4.11. The lowest BCUT2D eigenvalue weighted by Gasteiger charge is -2.53. The number of amides is 2. The molecule has 2 amide bonds. The quantitative estimate of drug-likeness (QED) is 0.808. The number of aromatic nitrogens is 2. The molecule has 0 unspecified atom stereocenters. The number of nitrogens with zero attached hydrogens (tertiary/aromatic N) is 3. The summed E-state index contributed by atoms with van der Waals surface area (Å²) in [5, 5.41) is 2.93. The summed E-state index contributed by atoms with van der Waals surface area (Å²) in [6.45, 7) is 7.05. The van der Waals surface area contributed by atoms with Crippen molar-refractivity contribution >= 4 is 17.7 Å². The van der Waals surface area contributed by atoms with Gasteiger partial charge in [-0.15, -0.1) is 0 Å². The molecule has 3 heterocycles. The first-order valence-electron chi connectivity index (χ1n) is 10.4. The Morgan fingerprint density at radius 1 is 1.20 bits per heavy atom. The van der Waals surface area contributed by atoms with Crippen molar-refractivity contribution < 1.29 is 14.3 Å². The van der Waals surface area contributed by atoms with Crippen molar-refractivity contribution in [3.63, 3.8) is 0 Å². The molecular weight excluding hydrogens is 382 g/mol. The molecule has 4 rings (SSSR count). The maximum Gasteiger partial charge on any atom is 0.411 e. The minimum Gasteiger partial charge on any atom is -0.444 e. The Kier molecular flexibility index (Phi) is 4.95. The number of hydrogen-bond acceptors (Lipinski definition) is 5. The lowest BCUT2D eigenvalue weighted by atomic mass is 9.72. The van der Waals surface area contributed by atoms with Crippen LogP contribution in [0.5, 0.6) is 0 Å². The van der Waals surface area contributed by atoms with Gasteiger partial charge in [0.1, 0.15) is 11.3 Å². The van der Waals surface area contributed by atoms with Crippen LogP contribution in [0.2, 0.25) is 0 Å². The lowest BCUT2D eigenvalue weighted by molar-refractivity contribution is -0.0426. The van der Waals surface area contributed by atoms with E-state index in [-0.39, 0.29) is 17.5 Å². The van der Waals surface area contributed by atoms with Gasteiger partial charge in [-0.2, -0.15) is 0 Å². The average Bonchev–Trinajstić information content (AvgIpc) is 3.08. The first kappa shape index (κ1) is 20.3. The number of fused-ring (bicyclic) bond motifs is 2. The molecule has 0 radical (unpaired) electrons. The Hall–Kier alpha value is -3.03. The van der Waals surface area contributed by atoms with E-state index >= 15 is 0 Å². The van der Waals surface area contributed by atoms with Gasteiger partial charge in [-0.3, -0.25) is 14.7 Å². The molecule has 0 bridgehead atoms. The predicted molar refractivity (Wildman–Crippen MR) is 113 cm³/mol. The van der Waals surface area contributed by atoms with E-state index in [0.29, 0.717) is 31.0 Å². The first-order valence-corrected chi connectivity index (χ1v) is 10.4. The van der Waals surface area contributed by atoms with E-state index in [9.17, 15) is 9.59 Å². The number of nitrogen functional groups attached to an aromatic ring is 1. The third-order valence-electron chi connectivity index (χ3n) is 5.83. The number of nitrogens with one attached hydrogen (secondary N) is 1. The van der Waals surface area contributed by atoms with Gasteiger partial charge in [0, 0.05) is 18.8 Å². The summed E-state index contributed by atoms with van der Waals surface area (Å²) in [7, 11) is 0. The van der Waals surface area contributed by atoms with Crippen molar-refractivity contribution in [3.05, 3.63) is 47.5 Å². The fourth-order valence-corrected chi connectivity index (χ4v) is 4.29. The Labute approximate surface area is 176 Å².